The molecule has 2 heterocycles. The lowest BCUT2D eigenvalue weighted by Gasteiger charge is -2.29. The normalized spacial score (nSPS) is 16.6. The van der Waals surface area contributed by atoms with Crippen LogP contribution in [0.1, 0.15) is 36.7 Å². The zero-order valence-corrected chi connectivity index (χ0v) is 11.4. The van der Waals surface area contributed by atoms with E-state index in [0.717, 1.165) is 25.9 Å². The highest BCUT2D eigenvalue weighted by atomic mass is 16.4. The van der Waals surface area contributed by atoms with Crippen LogP contribution in [-0.4, -0.2) is 51.0 Å². The molecule has 7 nitrogen and oxygen atoms in total. The Morgan fingerprint density at radius 1 is 1.25 bits per heavy atom. The maximum Gasteiger partial charge on any atom is 0.356 e. The first kappa shape index (κ1) is 14.2. The molecule has 0 aliphatic carbocycles. The Bertz CT molecular complexity index is 483. The van der Waals surface area contributed by atoms with Gasteiger partial charge in [0, 0.05) is 13.1 Å². The molecule has 1 unspecified atom stereocenters. The number of rotatable bonds is 4. The van der Waals surface area contributed by atoms with E-state index < -0.39 is 12.0 Å². The fraction of sp³-hybridized carbons (Fsp3) is 0.538. The molecule has 0 bridgehead atoms. The summed E-state index contributed by atoms with van der Waals surface area (Å²) in [5.74, 6) is -0.692. The molecule has 1 aliphatic heterocycles. The van der Waals surface area contributed by atoms with Gasteiger partial charge in [-0.25, -0.2) is 14.8 Å². The van der Waals surface area contributed by atoms with Crippen LogP contribution >= 0.6 is 0 Å². The van der Waals surface area contributed by atoms with E-state index >= 15 is 0 Å². The number of aromatic carboxylic acids is 1. The van der Waals surface area contributed by atoms with Gasteiger partial charge in [-0.2, -0.15) is 0 Å². The standard InChI is InChI=1S/C13H18N4O3/c1-9(12(18)17-5-3-2-4-6-17)16-11-8-14-10(7-15-11)13(19)20/h7-9H,2-6H2,1H3,(H,15,16)(H,19,20). The zero-order valence-electron chi connectivity index (χ0n) is 11.4. The average molecular weight is 278 g/mol. The predicted octanol–water partition coefficient (Wildman–Crippen LogP) is 0.988. The van der Waals surface area contributed by atoms with E-state index in [2.05, 4.69) is 15.3 Å². The number of carbonyl (C=O) groups excluding carboxylic acids is 1. The molecule has 20 heavy (non-hydrogen) atoms. The summed E-state index contributed by atoms with van der Waals surface area (Å²) >= 11 is 0. The van der Waals surface area contributed by atoms with Crippen molar-refractivity contribution in [1.29, 1.82) is 0 Å². The van der Waals surface area contributed by atoms with Gasteiger partial charge in [0.1, 0.15) is 11.9 Å². The van der Waals surface area contributed by atoms with Gasteiger partial charge in [-0.15, -0.1) is 0 Å². The van der Waals surface area contributed by atoms with Crippen LogP contribution in [0.2, 0.25) is 0 Å². The van der Waals surface area contributed by atoms with Crippen LogP contribution in [0, 0.1) is 0 Å². The van der Waals surface area contributed by atoms with Gasteiger partial charge in [-0.05, 0) is 26.2 Å². The Balaban J connectivity index is 1.94. The molecular formula is C13H18N4O3. The Hall–Kier alpha value is -2.18. The highest BCUT2D eigenvalue weighted by Gasteiger charge is 2.22. The van der Waals surface area contributed by atoms with Crippen molar-refractivity contribution in [1.82, 2.24) is 14.9 Å². The average Bonchev–Trinajstić information content (AvgIpc) is 2.48. The minimum Gasteiger partial charge on any atom is -0.476 e. The van der Waals surface area contributed by atoms with Gasteiger partial charge in [-0.3, -0.25) is 4.79 Å². The van der Waals surface area contributed by atoms with Gasteiger partial charge >= 0.3 is 5.97 Å². The maximum atomic E-state index is 12.2. The van der Waals surface area contributed by atoms with Gasteiger partial charge < -0.3 is 15.3 Å². The van der Waals surface area contributed by atoms with E-state index in [4.69, 9.17) is 5.11 Å². The first-order valence-electron chi connectivity index (χ1n) is 6.68. The molecule has 1 aliphatic rings. The SMILES string of the molecule is CC(Nc1cnc(C(=O)O)cn1)C(=O)N1CCCCC1. The van der Waals surface area contributed by atoms with Gasteiger partial charge in [-0.1, -0.05) is 0 Å². The lowest BCUT2D eigenvalue weighted by Crippen LogP contribution is -2.44. The van der Waals surface area contributed by atoms with Crippen LogP contribution < -0.4 is 5.32 Å². The molecule has 0 saturated carbocycles. The van der Waals surface area contributed by atoms with Crippen molar-refractivity contribution in [2.45, 2.75) is 32.2 Å². The largest absolute Gasteiger partial charge is 0.476 e. The van der Waals surface area contributed by atoms with Crippen molar-refractivity contribution >= 4 is 17.7 Å². The summed E-state index contributed by atoms with van der Waals surface area (Å²) in [7, 11) is 0. The number of anilines is 1. The lowest BCUT2D eigenvalue weighted by atomic mass is 10.1. The minimum atomic E-state index is -1.12. The number of hydrogen-bond acceptors (Lipinski definition) is 5. The van der Waals surface area contributed by atoms with E-state index in [9.17, 15) is 9.59 Å². The van der Waals surface area contributed by atoms with Crippen LogP contribution in [-0.2, 0) is 4.79 Å². The fourth-order valence-electron chi connectivity index (χ4n) is 2.18. The summed E-state index contributed by atoms with van der Waals surface area (Å²) in [4.78, 5) is 32.4. The third kappa shape index (κ3) is 3.43. The quantitative estimate of drug-likeness (QED) is 0.852. The molecule has 1 atom stereocenters. The van der Waals surface area contributed by atoms with Crippen molar-refractivity contribution in [3.63, 3.8) is 0 Å². The third-order valence-electron chi connectivity index (χ3n) is 3.27. The summed E-state index contributed by atoms with van der Waals surface area (Å²) in [6.07, 6.45) is 5.76. The molecule has 0 aromatic carbocycles. The van der Waals surface area contributed by atoms with Crippen molar-refractivity contribution in [2.24, 2.45) is 0 Å². The van der Waals surface area contributed by atoms with Crippen molar-refractivity contribution < 1.29 is 14.7 Å². The number of piperidine rings is 1. The lowest BCUT2D eigenvalue weighted by molar-refractivity contribution is -0.132. The third-order valence-corrected chi connectivity index (χ3v) is 3.27. The van der Waals surface area contributed by atoms with Crippen LogP contribution in [0.15, 0.2) is 12.4 Å². The zero-order chi connectivity index (χ0) is 14.5. The molecule has 1 fully saturated rings. The number of likely N-dealkylation sites (tertiary alicyclic amines) is 1. The summed E-state index contributed by atoms with van der Waals surface area (Å²) in [6.45, 7) is 3.37. The van der Waals surface area contributed by atoms with Gasteiger partial charge in [0.2, 0.25) is 5.91 Å². The molecular weight excluding hydrogens is 260 g/mol. The molecule has 0 spiro atoms. The monoisotopic (exact) mass is 278 g/mol. The second-order valence-corrected chi connectivity index (χ2v) is 4.84. The van der Waals surface area contributed by atoms with Gasteiger partial charge in [0.25, 0.3) is 0 Å². The van der Waals surface area contributed by atoms with Crippen molar-refractivity contribution in [3.05, 3.63) is 18.1 Å². The Kier molecular flexibility index (Phi) is 4.49. The summed E-state index contributed by atoms with van der Waals surface area (Å²) in [5, 5.41) is 11.7. The minimum absolute atomic E-state index is 0.0359. The highest BCUT2D eigenvalue weighted by Crippen LogP contribution is 2.12. The van der Waals surface area contributed by atoms with E-state index in [1.165, 1.54) is 18.8 Å². The fourth-order valence-corrected chi connectivity index (χ4v) is 2.18. The number of carboxylic acids is 1. The van der Waals surface area contributed by atoms with E-state index in [1.807, 2.05) is 4.90 Å². The number of hydrogen-bond donors (Lipinski definition) is 2. The molecule has 1 aromatic heterocycles. The Morgan fingerprint density at radius 2 is 1.95 bits per heavy atom. The summed E-state index contributed by atoms with van der Waals surface area (Å²) < 4.78 is 0. The second-order valence-electron chi connectivity index (χ2n) is 4.84. The second kappa shape index (κ2) is 6.31. The molecule has 0 radical (unpaired) electrons. The number of carbonyl (C=O) groups is 2. The van der Waals surface area contributed by atoms with Gasteiger partial charge in [0.05, 0.1) is 12.4 Å². The van der Waals surface area contributed by atoms with Gasteiger partial charge in [0.15, 0.2) is 5.69 Å². The van der Waals surface area contributed by atoms with Crippen molar-refractivity contribution in [3.8, 4) is 0 Å². The number of amides is 1. The number of aromatic nitrogens is 2. The van der Waals surface area contributed by atoms with Crippen LogP contribution in [0.5, 0.6) is 0 Å². The summed E-state index contributed by atoms with van der Waals surface area (Å²) in [5.41, 5.74) is -0.120. The first-order chi connectivity index (χ1) is 9.58. The van der Waals surface area contributed by atoms with Crippen LogP contribution in [0.25, 0.3) is 0 Å². The smallest absolute Gasteiger partial charge is 0.356 e. The molecule has 2 N–H and O–H groups in total. The van der Waals surface area contributed by atoms with Crippen LogP contribution in [0.4, 0.5) is 5.82 Å². The van der Waals surface area contributed by atoms with E-state index in [0.29, 0.717) is 5.82 Å². The number of nitrogens with one attached hydrogen (secondary N) is 1. The van der Waals surface area contributed by atoms with E-state index in [-0.39, 0.29) is 11.6 Å². The topological polar surface area (TPSA) is 95.4 Å². The molecule has 7 heteroatoms. The molecule has 2 rings (SSSR count). The Morgan fingerprint density at radius 3 is 2.50 bits per heavy atom. The van der Waals surface area contributed by atoms with Crippen molar-refractivity contribution in [2.75, 3.05) is 18.4 Å². The van der Waals surface area contributed by atoms with Crippen LogP contribution in [0.3, 0.4) is 0 Å². The summed E-state index contributed by atoms with van der Waals surface area (Å²) in [6, 6.07) is -0.405. The highest BCUT2D eigenvalue weighted by molar-refractivity contribution is 5.85. The predicted molar refractivity (Wildman–Crippen MR) is 72.5 cm³/mol. The molecule has 1 amide bonds. The maximum absolute atomic E-state index is 12.2. The molecule has 1 aromatic rings. The Labute approximate surface area is 117 Å². The number of carboxylic acid groups (broad SMARTS) is 1. The number of nitrogens with zero attached hydrogens (tertiary/aromatic N) is 3. The van der Waals surface area contributed by atoms with E-state index in [1.54, 1.807) is 6.92 Å². The molecule has 108 valence electrons. The first-order valence-corrected chi connectivity index (χ1v) is 6.68. The molecule has 1 saturated heterocycles.